The van der Waals surface area contributed by atoms with Crippen molar-refractivity contribution in [2.45, 2.75) is 38.3 Å². The number of carbonyl (C=O) groups is 2. The Labute approximate surface area is 251 Å². The summed E-state index contributed by atoms with van der Waals surface area (Å²) in [6.07, 6.45) is 0. The summed E-state index contributed by atoms with van der Waals surface area (Å²) in [4.78, 5) is 27.9. The summed E-state index contributed by atoms with van der Waals surface area (Å²) in [7, 11) is -4.24. The van der Waals surface area contributed by atoms with Crippen LogP contribution in [0.1, 0.15) is 25.0 Å². The molecule has 4 aromatic rings. The van der Waals surface area contributed by atoms with E-state index < -0.39 is 40.2 Å². The molecule has 0 aliphatic rings. The molecule has 0 saturated heterocycles. The summed E-state index contributed by atoms with van der Waals surface area (Å²) in [5.74, 6) is -0.580. The fraction of sp³-hybridized carbons (Fsp3) is 0.212. The monoisotopic (exact) mass is 603 g/mol. The number of carbonyl (C=O) groups excluding carboxylic acids is 2. The van der Waals surface area contributed by atoms with E-state index in [2.05, 4.69) is 5.32 Å². The number of nitrogens with one attached hydrogen (secondary N) is 1. The van der Waals surface area contributed by atoms with Crippen molar-refractivity contribution < 1.29 is 27.1 Å². The van der Waals surface area contributed by atoms with Crippen LogP contribution in [-0.2, 0) is 26.2 Å². The Balaban J connectivity index is 1.71. The molecule has 0 aromatic heterocycles. The predicted molar refractivity (Wildman–Crippen MR) is 164 cm³/mol. The number of ether oxygens (including phenoxy) is 1. The maximum Gasteiger partial charge on any atom is 0.264 e. The first-order valence-corrected chi connectivity index (χ1v) is 15.3. The van der Waals surface area contributed by atoms with E-state index >= 15 is 0 Å². The second-order valence-corrected chi connectivity index (χ2v) is 11.8. The minimum absolute atomic E-state index is 0.00654. The lowest BCUT2D eigenvalue weighted by atomic mass is 10.1. The standard InChI is InChI=1S/C33H34FN3O5S/c1-4-35-33(39)25(3)36(22-26-10-8-9-13-31(26)34)32(38)23-37(43(40,41)30-20-14-24(2)15-21-30)27-16-18-29(19-17-27)42-28-11-6-5-7-12-28/h5-21,25H,4,22-23H2,1-3H3,(H,35,39)/t25-/m0/s1. The number of anilines is 1. The molecule has 10 heteroatoms. The third kappa shape index (κ3) is 7.78. The van der Waals surface area contributed by atoms with Gasteiger partial charge in [0.1, 0.15) is 29.9 Å². The zero-order chi connectivity index (χ0) is 31.0. The largest absolute Gasteiger partial charge is 0.457 e. The number of sulfonamides is 1. The van der Waals surface area contributed by atoms with Crippen molar-refractivity contribution in [3.63, 3.8) is 0 Å². The Morgan fingerprint density at radius 1 is 0.860 bits per heavy atom. The minimum Gasteiger partial charge on any atom is -0.457 e. The Morgan fingerprint density at radius 2 is 1.47 bits per heavy atom. The van der Waals surface area contributed by atoms with Gasteiger partial charge >= 0.3 is 0 Å². The molecule has 0 unspecified atom stereocenters. The molecule has 0 spiro atoms. The van der Waals surface area contributed by atoms with Crippen molar-refractivity contribution in [3.8, 4) is 11.5 Å². The number of likely N-dealkylation sites (N-methyl/N-ethyl adjacent to an activating group) is 1. The van der Waals surface area contributed by atoms with Crippen LogP contribution in [0.4, 0.5) is 10.1 Å². The lowest BCUT2D eigenvalue weighted by Crippen LogP contribution is -2.51. The second-order valence-electron chi connectivity index (χ2n) is 9.92. The van der Waals surface area contributed by atoms with Crippen LogP contribution in [0.15, 0.2) is 108 Å². The zero-order valence-corrected chi connectivity index (χ0v) is 25.1. The van der Waals surface area contributed by atoms with Gasteiger partial charge in [0, 0.05) is 18.7 Å². The van der Waals surface area contributed by atoms with E-state index in [1.54, 1.807) is 61.5 Å². The first-order chi connectivity index (χ1) is 20.6. The number of benzene rings is 4. The Bertz CT molecular complexity index is 1650. The van der Waals surface area contributed by atoms with Gasteiger partial charge in [0.25, 0.3) is 10.0 Å². The first kappa shape index (κ1) is 31.2. The van der Waals surface area contributed by atoms with Gasteiger partial charge in [0.2, 0.25) is 11.8 Å². The van der Waals surface area contributed by atoms with Crippen molar-refractivity contribution in [1.29, 1.82) is 0 Å². The van der Waals surface area contributed by atoms with Crippen LogP contribution in [0.3, 0.4) is 0 Å². The summed E-state index contributed by atoms with van der Waals surface area (Å²) < 4.78 is 49.4. The van der Waals surface area contributed by atoms with Gasteiger partial charge in [-0.25, -0.2) is 12.8 Å². The molecule has 1 N–H and O–H groups in total. The molecule has 0 radical (unpaired) electrons. The van der Waals surface area contributed by atoms with Crippen LogP contribution in [0.5, 0.6) is 11.5 Å². The summed E-state index contributed by atoms with van der Waals surface area (Å²) in [5.41, 5.74) is 1.28. The number of para-hydroxylation sites is 1. The van der Waals surface area contributed by atoms with E-state index in [0.29, 0.717) is 18.0 Å². The molecule has 0 heterocycles. The number of hydrogen-bond donors (Lipinski definition) is 1. The van der Waals surface area contributed by atoms with Gasteiger partial charge < -0.3 is 15.0 Å². The van der Waals surface area contributed by atoms with Crippen molar-refractivity contribution in [3.05, 3.63) is 120 Å². The molecular weight excluding hydrogens is 569 g/mol. The Hall–Kier alpha value is -4.70. The third-order valence-corrected chi connectivity index (χ3v) is 8.60. The van der Waals surface area contributed by atoms with Crippen LogP contribution in [-0.4, -0.2) is 44.3 Å². The quantitative estimate of drug-likeness (QED) is 0.225. The van der Waals surface area contributed by atoms with Crippen LogP contribution in [0.25, 0.3) is 0 Å². The second kappa shape index (κ2) is 14.0. The van der Waals surface area contributed by atoms with Crippen molar-refractivity contribution in [1.82, 2.24) is 10.2 Å². The number of hydrogen-bond acceptors (Lipinski definition) is 5. The lowest BCUT2D eigenvalue weighted by molar-refractivity contribution is -0.139. The highest BCUT2D eigenvalue weighted by Crippen LogP contribution is 2.29. The highest BCUT2D eigenvalue weighted by atomic mass is 32.2. The summed E-state index contributed by atoms with van der Waals surface area (Å²) in [6, 6.07) is 26.7. The molecule has 0 bridgehead atoms. The Kier molecular flexibility index (Phi) is 10.2. The van der Waals surface area contributed by atoms with Gasteiger partial charge in [0.15, 0.2) is 0 Å². The van der Waals surface area contributed by atoms with E-state index in [0.717, 1.165) is 9.87 Å². The van der Waals surface area contributed by atoms with Crippen LogP contribution in [0.2, 0.25) is 0 Å². The average Bonchev–Trinajstić information content (AvgIpc) is 3.00. The zero-order valence-electron chi connectivity index (χ0n) is 24.2. The highest BCUT2D eigenvalue weighted by molar-refractivity contribution is 7.92. The maximum atomic E-state index is 14.6. The van der Waals surface area contributed by atoms with Crippen LogP contribution < -0.4 is 14.4 Å². The molecule has 0 saturated carbocycles. The van der Waals surface area contributed by atoms with Crippen LogP contribution in [0, 0.1) is 12.7 Å². The van der Waals surface area contributed by atoms with Gasteiger partial charge in [-0.2, -0.15) is 0 Å². The van der Waals surface area contributed by atoms with Gasteiger partial charge in [-0.15, -0.1) is 0 Å². The fourth-order valence-electron chi connectivity index (χ4n) is 4.39. The molecule has 1 atom stereocenters. The SMILES string of the molecule is CCNC(=O)[C@H](C)N(Cc1ccccc1F)C(=O)CN(c1ccc(Oc2ccccc2)cc1)S(=O)(=O)c1ccc(C)cc1. The predicted octanol–water partition coefficient (Wildman–Crippen LogP) is 5.68. The van der Waals surface area contributed by atoms with E-state index in [-0.39, 0.29) is 22.7 Å². The lowest BCUT2D eigenvalue weighted by Gasteiger charge is -2.32. The molecule has 0 fully saturated rings. The van der Waals surface area contributed by atoms with E-state index in [9.17, 15) is 22.4 Å². The van der Waals surface area contributed by atoms with Crippen LogP contribution >= 0.6 is 0 Å². The highest BCUT2D eigenvalue weighted by Gasteiger charge is 2.32. The maximum absolute atomic E-state index is 14.6. The van der Waals surface area contributed by atoms with E-state index in [1.807, 2.05) is 25.1 Å². The molecule has 4 rings (SSSR count). The average molecular weight is 604 g/mol. The molecule has 224 valence electrons. The van der Waals surface area contributed by atoms with Crippen molar-refractivity contribution in [2.75, 3.05) is 17.4 Å². The number of amides is 2. The van der Waals surface area contributed by atoms with Gasteiger partial charge in [0.05, 0.1) is 10.6 Å². The molecule has 43 heavy (non-hydrogen) atoms. The Morgan fingerprint density at radius 3 is 2.09 bits per heavy atom. The van der Waals surface area contributed by atoms with Gasteiger partial charge in [-0.05, 0) is 75.4 Å². The number of aryl methyl sites for hydroxylation is 1. The first-order valence-electron chi connectivity index (χ1n) is 13.8. The number of rotatable bonds is 12. The molecule has 0 aliphatic heterocycles. The summed E-state index contributed by atoms with van der Waals surface area (Å²) >= 11 is 0. The number of halogens is 1. The fourth-order valence-corrected chi connectivity index (χ4v) is 5.80. The molecule has 8 nitrogen and oxygen atoms in total. The topological polar surface area (TPSA) is 96.0 Å². The third-order valence-electron chi connectivity index (χ3n) is 6.81. The summed E-state index contributed by atoms with van der Waals surface area (Å²) in [6.45, 7) is 4.58. The smallest absolute Gasteiger partial charge is 0.264 e. The molecule has 0 aliphatic carbocycles. The summed E-state index contributed by atoms with van der Waals surface area (Å²) in [5, 5.41) is 2.68. The molecule has 4 aromatic carbocycles. The molecule has 2 amide bonds. The van der Waals surface area contributed by atoms with Gasteiger partial charge in [-0.3, -0.25) is 13.9 Å². The van der Waals surface area contributed by atoms with Crippen molar-refractivity contribution in [2.24, 2.45) is 0 Å². The van der Waals surface area contributed by atoms with E-state index in [1.165, 1.54) is 42.2 Å². The van der Waals surface area contributed by atoms with Crippen molar-refractivity contribution >= 4 is 27.5 Å². The van der Waals surface area contributed by atoms with E-state index in [4.69, 9.17) is 4.74 Å². The van der Waals surface area contributed by atoms with Gasteiger partial charge in [-0.1, -0.05) is 54.1 Å². The minimum atomic E-state index is -4.24. The number of nitrogens with zero attached hydrogens (tertiary/aromatic N) is 2. The molecular formula is C33H34FN3O5S. The normalized spacial score (nSPS) is 11.8.